The van der Waals surface area contributed by atoms with Crippen LogP contribution in [0.4, 0.5) is 5.69 Å². The van der Waals surface area contributed by atoms with Gasteiger partial charge in [-0.2, -0.15) is 5.10 Å². The van der Waals surface area contributed by atoms with E-state index in [2.05, 4.69) is 10.2 Å². The quantitative estimate of drug-likeness (QED) is 0.376. The Kier molecular flexibility index (Phi) is 4.24. The van der Waals surface area contributed by atoms with Crippen molar-refractivity contribution in [2.75, 3.05) is 0 Å². The van der Waals surface area contributed by atoms with Crippen LogP contribution in [0.3, 0.4) is 0 Å². The third-order valence-electron chi connectivity index (χ3n) is 1.63. The summed E-state index contributed by atoms with van der Waals surface area (Å²) in [4.78, 5) is 10.0. The number of halogens is 2. The van der Waals surface area contributed by atoms with Crippen molar-refractivity contribution in [2.24, 2.45) is 21.7 Å². The number of nitro groups is 1. The Morgan fingerprint density at radius 2 is 2.00 bits per heavy atom. The van der Waals surface area contributed by atoms with Gasteiger partial charge in [-0.3, -0.25) is 10.1 Å². The third-order valence-corrected chi connectivity index (χ3v) is 2.26. The first-order valence-electron chi connectivity index (χ1n) is 4.17. The van der Waals surface area contributed by atoms with E-state index < -0.39 is 4.92 Å². The maximum atomic E-state index is 10.6. The molecule has 0 amide bonds. The molecule has 0 saturated carbocycles. The molecular weight excluding hydrogens is 269 g/mol. The van der Waals surface area contributed by atoms with Gasteiger partial charge in [0.15, 0.2) is 0 Å². The molecule has 0 bridgehead atoms. The van der Waals surface area contributed by atoms with E-state index in [0.717, 1.165) is 0 Å². The molecule has 0 saturated heterocycles. The Bertz CT molecular complexity index is 511. The summed E-state index contributed by atoms with van der Waals surface area (Å²) in [5.74, 6) is -0.235. The zero-order chi connectivity index (χ0) is 13.0. The number of hydrogen-bond donors (Lipinski definition) is 2. The van der Waals surface area contributed by atoms with Gasteiger partial charge in [0.1, 0.15) is 5.02 Å². The third kappa shape index (κ3) is 3.58. The van der Waals surface area contributed by atoms with Crippen molar-refractivity contribution < 1.29 is 4.92 Å². The van der Waals surface area contributed by atoms with E-state index in [1.165, 1.54) is 18.3 Å². The molecule has 0 heterocycles. The summed E-state index contributed by atoms with van der Waals surface area (Å²) in [6, 6.07) is 2.43. The van der Waals surface area contributed by atoms with Gasteiger partial charge in [0.25, 0.3) is 5.69 Å². The highest BCUT2D eigenvalue weighted by Gasteiger charge is 2.15. The molecule has 0 aliphatic rings. The highest BCUT2D eigenvalue weighted by atomic mass is 35.5. The second-order valence-corrected chi connectivity index (χ2v) is 3.67. The molecule has 0 atom stereocenters. The van der Waals surface area contributed by atoms with E-state index in [1.807, 2.05) is 0 Å². The second kappa shape index (κ2) is 5.46. The smallest absolute Gasteiger partial charge is 0.288 e. The monoisotopic (exact) mass is 275 g/mol. The standard InChI is InChI=1S/C8H7Cl2N5O2/c9-5-2-6(10)7(15(16)17)1-4(5)3-13-14-8(11)12/h1-3H,(H4,11,12,14). The van der Waals surface area contributed by atoms with Crippen LogP contribution in [0.15, 0.2) is 22.3 Å². The first kappa shape index (κ1) is 13.2. The molecule has 1 rings (SSSR count). The van der Waals surface area contributed by atoms with Crippen molar-refractivity contribution in [3.8, 4) is 0 Å². The molecule has 9 heteroatoms. The summed E-state index contributed by atoms with van der Waals surface area (Å²) in [6.45, 7) is 0. The molecule has 1 aromatic rings. The van der Waals surface area contributed by atoms with E-state index in [9.17, 15) is 10.1 Å². The summed E-state index contributed by atoms with van der Waals surface area (Å²) in [5, 5.41) is 17.6. The van der Waals surface area contributed by atoms with Crippen LogP contribution in [-0.2, 0) is 0 Å². The van der Waals surface area contributed by atoms with Crippen molar-refractivity contribution in [3.63, 3.8) is 0 Å². The predicted octanol–water partition coefficient (Wildman–Crippen LogP) is 1.51. The van der Waals surface area contributed by atoms with Gasteiger partial charge < -0.3 is 11.5 Å². The Balaban J connectivity index is 3.17. The van der Waals surface area contributed by atoms with Gasteiger partial charge in [-0.15, -0.1) is 5.10 Å². The van der Waals surface area contributed by atoms with Crippen LogP contribution < -0.4 is 11.5 Å². The van der Waals surface area contributed by atoms with Crippen molar-refractivity contribution in [2.45, 2.75) is 0 Å². The van der Waals surface area contributed by atoms with Crippen molar-refractivity contribution in [3.05, 3.63) is 37.9 Å². The topological polar surface area (TPSA) is 120 Å². The maximum absolute atomic E-state index is 10.6. The molecule has 0 fully saturated rings. The second-order valence-electron chi connectivity index (χ2n) is 2.85. The lowest BCUT2D eigenvalue weighted by molar-refractivity contribution is -0.384. The number of hydrogen-bond acceptors (Lipinski definition) is 4. The minimum absolute atomic E-state index is 0.0565. The lowest BCUT2D eigenvalue weighted by Crippen LogP contribution is -2.21. The summed E-state index contributed by atoms with van der Waals surface area (Å²) in [6.07, 6.45) is 1.19. The molecule has 0 spiro atoms. The molecule has 0 unspecified atom stereocenters. The van der Waals surface area contributed by atoms with Gasteiger partial charge in [-0.1, -0.05) is 23.2 Å². The van der Waals surface area contributed by atoms with Crippen LogP contribution in [0.2, 0.25) is 10.0 Å². The van der Waals surface area contributed by atoms with Crippen LogP contribution >= 0.6 is 23.2 Å². The first-order chi connectivity index (χ1) is 7.91. The van der Waals surface area contributed by atoms with Gasteiger partial charge in [-0.05, 0) is 6.07 Å². The summed E-state index contributed by atoms with van der Waals surface area (Å²) in [5.41, 5.74) is 10.1. The van der Waals surface area contributed by atoms with E-state index in [0.29, 0.717) is 0 Å². The summed E-state index contributed by atoms with van der Waals surface area (Å²) in [7, 11) is 0. The normalized spacial score (nSPS) is 10.5. The molecule has 0 aliphatic heterocycles. The average molecular weight is 276 g/mol. The molecule has 4 N–H and O–H groups in total. The lowest BCUT2D eigenvalue weighted by Gasteiger charge is -1.99. The Morgan fingerprint density at radius 1 is 1.35 bits per heavy atom. The van der Waals surface area contributed by atoms with Crippen LogP contribution in [0, 0.1) is 10.1 Å². The zero-order valence-electron chi connectivity index (χ0n) is 8.30. The Morgan fingerprint density at radius 3 is 2.53 bits per heavy atom. The van der Waals surface area contributed by atoms with E-state index in [4.69, 9.17) is 34.7 Å². The fourth-order valence-electron chi connectivity index (χ4n) is 0.950. The van der Waals surface area contributed by atoms with Crippen LogP contribution in [-0.4, -0.2) is 17.1 Å². The highest BCUT2D eigenvalue weighted by Crippen LogP contribution is 2.29. The van der Waals surface area contributed by atoms with Gasteiger partial charge in [0.2, 0.25) is 5.96 Å². The Hall–Kier alpha value is -1.86. The predicted molar refractivity (Wildman–Crippen MR) is 66.5 cm³/mol. The zero-order valence-corrected chi connectivity index (χ0v) is 9.81. The fraction of sp³-hybridized carbons (Fsp3) is 0. The molecule has 0 aliphatic carbocycles. The minimum Gasteiger partial charge on any atom is -0.369 e. The molecule has 90 valence electrons. The highest BCUT2D eigenvalue weighted by molar-refractivity contribution is 6.37. The lowest BCUT2D eigenvalue weighted by atomic mass is 10.2. The van der Waals surface area contributed by atoms with Gasteiger partial charge in [-0.25, -0.2) is 0 Å². The maximum Gasteiger partial charge on any atom is 0.288 e. The van der Waals surface area contributed by atoms with Gasteiger partial charge in [0.05, 0.1) is 16.2 Å². The van der Waals surface area contributed by atoms with Gasteiger partial charge in [0, 0.05) is 11.6 Å². The molecule has 0 radical (unpaired) electrons. The van der Waals surface area contributed by atoms with E-state index >= 15 is 0 Å². The molecule has 17 heavy (non-hydrogen) atoms. The van der Waals surface area contributed by atoms with Crippen molar-refractivity contribution >= 4 is 41.1 Å². The largest absolute Gasteiger partial charge is 0.369 e. The minimum atomic E-state index is -0.628. The SMILES string of the molecule is NC(N)=NN=Cc1cc([N+](=O)[O-])c(Cl)cc1Cl. The number of nitrogens with zero attached hydrogens (tertiary/aromatic N) is 3. The number of benzene rings is 1. The molecule has 7 nitrogen and oxygen atoms in total. The van der Waals surface area contributed by atoms with Crippen LogP contribution in [0.5, 0.6) is 0 Å². The van der Waals surface area contributed by atoms with E-state index in [-0.39, 0.29) is 27.3 Å². The molecule has 1 aromatic carbocycles. The number of rotatable bonds is 3. The van der Waals surface area contributed by atoms with E-state index in [1.54, 1.807) is 0 Å². The fourth-order valence-corrected chi connectivity index (χ4v) is 1.45. The first-order valence-corrected chi connectivity index (χ1v) is 4.93. The number of guanidine groups is 1. The summed E-state index contributed by atoms with van der Waals surface area (Å²) < 4.78 is 0. The number of nitro benzene ring substituents is 1. The molecule has 0 aromatic heterocycles. The van der Waals surface area contributed by atoms with Crippen LogP contribution in [0.25, 0.3) is 0 Å². The van der Waals surface area contributed by atoms with Crippen molar-refractivity contribution in [1.82, 2.24) is 0 Å². The summed E-state index contributed by atoms with van der Waals surface area (Å²) >= 11 is 11.5. The number of nitrogens with two attached hydrogens (primary N) is 2. The van der Waals surface area contributed by atoms with Crippen LogP contribution in [0.1, 0.15) is 5.56 Å². The van der Waals surface area contributed by atoms with Crippen molar-refractivity contribution in [1.29, 1.82) is 0 Å². The van der Waals surface area contributed by atoms with Gasteiger partial charge >= 0.3 is 0 Å². The Labute approximate surface area is 106 Å². The average Bonchev–Trinajstić information content (AvgIpc) is 2.20. The molecular formula is C8H7Cl2N5O2.